The standard InChI is InChI=1S/C14H29N/c1-4-11-15-12-14(5-2,6-3)13-9-7-8-10-13/h13,15H,4-12H2,1-3H3. The second kappa shape index (κ2) is 6.52. The molecule has 0 aromatic carbocycles. The molecule has 1 nitrogen and oxygen atoms in total. The van der Waals surface area contributed by atoms with Crippen LogP contribution in [0.3, 0.4) is 0 Å². The molecule has 0 heterocycles. The molecule has 1 aliphatic carbocycles. The van der Waals surface area contributed by atoms with Crippen LogP contribution >= 0.6 is 0 Å². The largest absolute Gasteiger partial charge is 0.316 e. The molecule has 0 radical (unpaired) electrons. The zero-order valence-corrected chi connectivity index (χ0v) is 10.9. The fourth-order valence-electron chi connectivity index (χ4n) is 3.27. The highest BCUT2D eigenvalue weighted by Crippen LogP contribution is 2.44. The van der Waals surface area contributed by atoms with Crippen LogP contribution in [0.5, 0.6) is 0 Å². The van der Waals surface area contributed by atoms with Crippen molar-refractivity contribution >= 4 is 0 Å². The molecule has 0 aliphatic heterocycles. The molecule has 0 atom stereocenters. The van der Waals surface area contributed by atoms with Crippen LogP contribution in [-0.2, 0) is 0 Å². The van der Waals surface area contributed by atoms with Crippen LogP contribution in [0.25, 0.3) is 0 Å². The maximum Gasteiger partial charge on any atom is 0.00103 e. The minimum Gasteiger partial charge on any atom is -0.316 e. The lowest BCUT2D eigenvalue weighted by Gasteiger charge is -2.38. The predicted octanol–water partition coefficient (Wildman–Crippen LogP) is 3.98. The number of nitrogens with one attached hydrogen (secondary N) is 1. The molecule has 1 heteroatoms. The maximum atomic E-state index is 3.65. The van der Waals surface area contributed by atoms with Crippen molar-refractivity contribution in [2.75, 3.05) is 13.1 Å². The van der Waals surface area contributed by atoms with Gasteiger partial charge in [-0.25, -0.2) is 0 Å². The third kappa shape index (κ3) is 3.21. The first-order valence-electron chi connectivity index (χ1n) is 6.99. The van der Waals surface area contributed by atoms with Crippen molar-refractivity contribution in [2.24, 2.45) is 11.3 Å². The smallest absolute Gasteiger partial charge is 0.00103 e. The van der Waals surface area contributed by atoms with Crippen LogP contribution in [0.4, 0.5) is 0 Å². The van der Waals surface area contributed by atoms with Crippen LogP contribution in [0.2, 0.25) is 0 Å². The van der Waals surface area contributed by atoms with Gasteiger partial charge < -0.3 is 5.32 Å². The lowest BCUT2D eigenvalue weighted by Crippen LogP contribution is -2.39. The molecule has 1 aliphatic rings. The normalized spacial score (nSPS) is 18.6. The predicted molar refractivity (Wildman–Crippen MR) is 68.1 cm³/mol. The van der Waals surface area contributed by atoms with Crippen LogP contribution in [0.15, 0.2) is 0 Å². The summed E-state index contributed by atoms with van der Waals surface area (Å²) in [4.78, 5) is 0. The lowest BCUT2D eigenvalue weighted by atomic mass is 9.70. The summed E-state index contributed by atoms with van der Waals surface area (Å²) in [7, 11) is 0. The van der Waals surface area contributed by atoms with Gasteiger partial charge in [0.05, 0.1) is 0 Å². The Morgan fingerprint density at radius 2 is 1.67 bits per heavy atom. The first-order chi connectivity index (χ1) is 7.29. The van der Waals surface area contributed by atoms with Gasteiger partial charge in [0.1, 0.15) is 0 Å². The van der Waals surface area contributed by atoms with Gasteiger partial charge in [-0.3, -0.25) is 0 Å². The molecule has 1 fully saturated rings. The Morgan fingerprint density at radius 1 is 1.07 bits per heavy atom. The second-order valence-corrected chi connectivity index (χ2v) is 5.23. The van der Waals surface area contributed by atoms with Gasteiger partial charge in [0.15, 0.2) is 0 Å². The first kappa shape index (κ1) is 13.0. The monoisotopic (exact) mass is 211 g/mol. The number of hydrogen-bond acceptors (Lipinski definition) is 1. The van der Waals surface area contributed by atoms with Gasteiger partial charge >= 0.3 is 0 Å². The molecule has 1 N–H and O–H groups in total. The third-order valence-corrected chi connectivity index (χ3v) is 4.53. The van der Waals surface area contributed by atoms with Crippen LogP contribution in [-0.4, -0.2) is 13.1 Å². The van der Waals surface area contributed by atoms with Crippen molar-refractivity contribution in [1.29, 1.82) is 0 Å². The average molecular weight is 211 g/mol. The summed E-state index contributed by atoms with van der Waals surface area (Å²) >= 11 is 0. The minimum absolute atomic E-state index is 0.603. The Labute approximate surface area is 96.0 Å². The SMILES string of the molecule is CCCNCC(CC)(CC)C1CCCC1. The summed E-state index contributed by atoms with van der Waals surface area (Å²) in [6, 6.07) is 0. The van der Waals surface area contributed by atoms with E-state index in [0.29, 0.717) is 5.41 Å². The topological polar surface area (TPSA) is 12.0 Å². The summed E-state index contributed by atoms with van der Waals surface area (Å²) in [6.07, 6.45) is 9.87. The summed E-state index contributed by atoms with van der Waals surface area (Å²) in [6.45, 7) is 9.46. The summed E-state index contributed by atoms with van der Waals surface area (Å²) in [5.41, 5.74) is 0.603. The van der Waals surface area contributed by atoms with E-state index in [-0.39, 0.29) is 0 Å². The molecule has 0 spiro atoms. The molecule has 0 saturated heterocycles. The zero-order chi connectivity index (χ0) is 11.1. The highest BCUT2D eigenvalue weighted by Gasteiger charge is 2.36. The van der Waals surface area contributed by atoms with Crippen molar-refractivity contribution in [3.63, 3.8) is 0 Å². The van der Waals surface area contributed by atoms with E-state index in [2.05, 4.69) is 26.1 Å². The Hall–Kier alpha value is -0.0400. The van der Waals surface area contributed by atoms with Gasteiger partial charge in [-0.15, -0.1) is 0 Å². The van der Waals surface area contributed by atoms with Crippen molar-refractivity contribution in [1.82, 2.24) is 5.32 Å². The van der Waals surface area contributed by atoms with E-state index < -0.39 is 0 Å². The Morgan fingerprint density at radius 3 is 2.13 bits per heavy atom. The average Bonchev–Trinajstić information content (AvgIpc) is 2.79. The fourth-order valence-corrected chi connectivity index (χ4v) is 3.27. The van der Waals surface area contributed by atoms with Gasteiger partial charge in [0, 0.05) is 6.54 Å². The minimum atomic E-state index is 0.603. The van der Waals surface area contributed by atoms with Crippen molar-refractivity contribution < 1.29 is 0 Å². The Kier molecular flexibility index (Phi) is 5.66. The quantitative estimate of drug-likeness (QED) is 0.628. The molecule has 0 aromatic rings. The molecule has 90 valence electrons. The molecular weight excluding hydrogens is 182 g/mol. The van der Waals surface area contributed by atoms with E-state index in [1.54, 1.807) is 0 Å². The lowest BCUT2D eigenvalue weighted by molar-refractivity contribution is 0.141. The van der Waals surface area contributed by atoms with Gasteiger partial charge in [-0.2, -0.15) is 0 Å². The Balaban J connectivity index is 2.50. The van der Waals surface area contributed by atoms with E-state index >= 15 is 0 Å². The maximum absolute atomic E-state index is 3.65. The molecule has 1 saturated carbocycles. The van der Waals surface area contributed by atoms with Gasteiger partial charge in [-0.1, -0.05) is 33.6 Å². The Bertz CT molecular complexity index is 155. The second-order valence-electron chi connectivity index (χ2n) is 5.23. The van der Waals surface area contributed by atoms with Crippen LogP contribution in [0.1, 0.15) is 65.7 Å². The zero-order valence-electron chi connectivity index (χ0n) is 10.9. The van der Waals surface area contributed by atoms with Crippen molar-refractivity contribution in [3.05, 3.63) is 0 Å². The fraction of sp³-hybridized carbons (Fsp3) is 1.00. The highest BCUT2D eigenvalue weighted by molar-refractivity contribution is 4.89. The van der Waals surface area contributed by atoms with Gasteiger partial charge in [0.2, 0.25) is 0 Å². The van der Waals surface area contributed by atoms with E-state index in [9.17, 15) is 0 Å². The highest BCUT2D eigenvalue weighted by atomic mass is 14.9. The van der Waals surface area contributed by atoms with Crippen molar-refractivity contribution in [3.8, 4) is 0 Å². The van der Waals surface area contributed by atoms with E-state index in [1.165, 1.54) is 58.0 Å². The van der Waals surface area contributed by atoms with Gasteiger partial charge in [0.25, 0.3) is 0 Å². The van der Waals surface area contributed by atoms with E-state index in [0.717, 1.165) is 5.92 Å². The van der Waals surface area contributed by atoms with Crippen molar-refractivity contribution in [2.45, 2.75) is 65.7 Å². The summed E-state index contributed by atoms with van der Waals surface area (Å²) in [5, 5.41) is 3.65. The number of rotatable bonds is 7. The molecule has 1 rings (SSSR count). The van der Waals surface area contributed by atoms with E-state index in [1.807, 2.05) is 0 Å². The molecule has 15 heavy (non-hydrogen) atoms. The molecule has 0 unspecified atom stereocenters. The van der Waals surface area contributed by atoms with Gasteiger partial charge in [-0.05, 0) is 50.0 Å². The summed E-state index contributed by atoms with van der Waals surface area (Å²) in [5.74, 6) is 0.997. The van der Waals surface area contributed by atoms with Crippen LogP contribution in [0, 0.1) is 11.3 Å². The molecule has 0 amide bonds. The first-order valence-corrected chi connectivity index (χ1v) is 6.99. The molecular formula is C14H29N. The number of hydrogen-bond donors (Lipinski definition) is 1. The molecule has 0 bridgehead atoms. The van der Waals surface area contributed by atoms with Crippen LogP contribution < -0.4 is 5.32 Å². The third-order valence-electron chi connectivity index (χ3n) is 4.53. The van der Waals surface area contributed by atoms with E-state index in [4.69, 9.17) is 0 Å². The summed E-state index contributed by atoms with van der Waals surface area (Å²) < 4.78 is 0. The molecule has 0 aromatic heterocycles.